The minimum atomic E-state index is -3.27. The van der Waals surface area contributed by atoms with E-state index in [1.165, 1.54) is 0 Å². The zero-order valence-corrected chi connectivity index (χ0v) is 18.1. The molecule has 1 atom stereocenters. The van der Waals surface area contributed by atoms with Crippen LogP contribution in [0.3, 0.4) is 0 Å². The summed E-state index contributed by atoms with van der Waals surface area (Å²) in [6.45, 7) is 8.55. The van der Waals surface area contributed by atoms with Crippen LogP contribution in [-0.2, 0) is 10.0 Å². The monoisotopic (exact) mass is 431 g/mol. The molecule has 2 aromatic rings. The predicted molar refractivity (Wildman–Crippen MR) is 117 cm³/mol. The Morgan fingerprint density at radius 2 is 2.07 bits per heavy atom. The highest BCUT2D eigenvalue weighted by atomic mass is 32.2. The number of aliphatic hydroxyl groups excluding tert-OH is 1. The largest absolute Gasteiger partial charge is 0.396 e. The van der Waals surface area contributed by atoms with Crippen LogP contribution in [0, 0.1) is 18.4 Å². The van der Waals surface area contributed by atoms with E-state index < -0.39 is 10.0 Å². The van der Waals surface area contributed by atoms with E-state index in [1.54, 1.807) is 10.5 Å². The van der Waals surface area contributed by atoms with Gasteiger partial charge in [-0.25, -0.2) is 17.6 Å². The molecule has 4 rings (SSSR count). The summed E-state index contributed by atoms with van der Waals surface area (Å²) in [6, 6.07) is 2.23. The lowest BCUT2D eigenvalue weighted by Gasteiger charge is -2.37. The maximum Gasteiger partial charge on any atom is 0.228 e. The average molecular weight is 432 g/mol. The Kier molecular flexibility index (Phi) is 6.00. The van der Waals surface area contributed by atoms with E-state index in [-0.39, 0.29) is 30.2 Å². The average Bonchev–Trinajstić information content (AvgIpc) is 3.42. The molecule has 30 heavy (non-hydrogen) atoms. The van der Waals surface area contributed by atoms with Gasteiger partial charge in [0, 0.05) is 50.6 Å². The highest BCUT2D eigenvalue weighted by Gasteiger charge is 2.34. The number of aromatic amines is 1. The minimum Gasteiger partial charge on any atom is -0.396 e. The van der Waals surface area contributed by atoms with Crippen LogP contribution in [0.4, 0.5) is 11.4 Å². The summed E-state index contributed by atoms with van der Waals surface area (Å²) >= 11 is 0. The second-order valence-corrected chi connectivity index (χ2v) is 10.6. The van der Waals surface area contributed by atoms with Gasteiger partial charge in [-0.3, -0.25) is 4.98 Å². The molecule has 9 heteroatoms. The van der Waals surface area contributed by atoms with Gasteiger partial charge < -0.3 is 15.0 Å². The second kappa shape index (κ2) is 8.53. The van der Waals surface area contributed by atoms with Gasteiger partial charge in [0.15, 0.2) is 0 Å². The van der Waals surface area contributed by atoms with Crippen molar-refractivity contribution in [3.05, 3.63) is 29.9 Å². The normalized spacial score (nSPS) is 25.4. The molecule has 1 aliphatic heterocycles. The number of nitrogens with zero attached hydrogens (tertiary/aromatic N) is 4. The van der Waals surface area contributed by atoms with Crippen molar-refractivity contribution in [1.29, 1.82) is 0 Å². The summed E-state index contributed by atoms with van der Waals surface area (Å²) in [5.41, 5.74) is 2.22. The third-order valence-electron chi connectivity index (χ3n) is 6.72. The summed E-state index contributed by atoms with van der Waals surface area (Å²) in [7, 11) is -1.24. The van der Waals surface area contributed by atoms with Crippen molar-refractivity contribution in [2.24, 2.45) is 11.8 Å². The molecule has 162 valence electrons. The van der Waals surface area contributed by atoms with Gasteiger partial charge >= 0.3 is 0 Å². The molecule has 3 heterocycles. The SMILES string of the molecule is [C-]#[N+]c1cnc2[nH]ccc2c1N(C)C1CCC(CS(=O)(=O)N2CCC(CO)C2)CC1. The summed E-state index contributed by atoms with van der Waals surface area (Å²) in [6.07, 6.45) is 7.73. The van der Waals surface area contributed by atoms with E-state index in [4.69, 9.17) is 6.57 Å². The molecule has 1 saturated carbocycles. The Morgan fingerprint density at radius 3 is 2.73 bits per heavy atom. The number of hydrogen-bond donors (Lipinski definition) is 2. The molecule has 2 fully saturated rings. The van der Waals surface area contributed by atoms with Crippen molar-refractivity contribution in [1.82, 2.24) is 14.3 Å². The maximum absolute atomic E-state index is 12.8. The smallest absolute Gasteiger partial charge is 0.228 e. The van der Waals surface area contributed by atoms with Crippen LogP contribution in [0.15, 0.2) is 18.5 Å². The van der Waals surface area contributed by atoms with Crippen LogP contribution in [0.1, 0.15) is 32.1 Å². The number of hydrogen-bond acceptors (Lipinski definition) is 5. The highest BCUT2D eigenvalue weighted by Crippen LogP contribution is 2.39. The quantitative estimate of drug-likeness (QED) is 0.686. The van der Waals surface area contributed by atoms with Gasteiger partial charge in [-0.1, -0.05) is 0 Å². The summed E-state index contributed by atoms with van der Waals surface area (Å²) in [5, 5.41) is 10.2. The molecule has 1 unspecified atom stereocenters. The number of aliphatic hydroxyl groups is 1. The molecule has 2 N–H and O–H groups in total. The van der Waals surface area contributed by atoms with E-state index in [2.05, 4.69) is 19.7 Å². The van der Waals surface area contributed by atoms with Crippen LogP contribution in [0.5, 0.6) is 0 Å². The Morgan fingerprint density at radius 1 is 1.30 bits per heavy atom. The number of pyridine rings is 1. The number of H-pyrrole nitrogens is 1. The first kappa shape index (κ1) is 21.1. The summed E-state index contributed by atoms with van der Waals surface area (Å²) in [5.74, 6) is 0.441. The Balaban J connectivity index is 1.41. The van der Waals surface area contributed by atoms with Gasteiger partial charge in [0.2, 0.25) is 15.7 Å². The number of rotatable bonds is 6. The third kappa shape index (κ3) is 4.04. The van der Waals surface area contributed by atoms with Crippen molar-refractivity contribution in [2.75, 3.05) is 37.4 Å². The molecular weight excluding hydrogens is 402 g/mol. The molecule has 8 nitrogen and oxygen atoms in total. The van der Waals surface area contributed by atoms with Gasteiger partial charge in [0.1, 0.15) is 5.65 Å². The van der Waals surface area contributed by atoms with Gasteiger partial charge in [0.25, 0.3) is 0 Å². The van der Waals surface area contributed by atoms with Crippen LogP contribution in [0.25, 0.3) is 15.9 Å². The number of aromatic nitrogens is 2. The van der Waals surface area contributed by atoms with E-state index in [0.717, 1.165) is 48.8 Å². The first-order chi connectivity index (χ1) is 14.4. The predicted octanol–water partition coefficient (Wildman–Crippen LogP) is 2.75. The molecule has 1 aliphatic carbocycles. The topological polar surface area (TPSA) is 93.9 Å². The van der Waals surface area contributed by atoms with E-state index in [9.17, 15) is 13.5 Å². The zero-order valence-electron chi connectivity index (χ0n) is 17.3. The molecule has 0 radical (unpaired) electrons. The maximum atomic E-state index is 12.8. The Hall–Kier alpha value is -2.15. The van der Waals surface area contributed by atoms with Crippen LogP contribution >= 0.6 is 0 Å². The molecular formula is C21H29N5O3S. The zero-order chi connectivity index (χ0) is 21.3. The molecule has 0 amide bonds. The molecule has 0 aromatic carbocycles. The third-order valence-corrected chi connectivity index (χ3v) is 8.73. The van der Waals surface area contributed by atoms with Crippen LogP contribution in [0.2, 0.25) is 0 Å². The van der Waals surface area contributed by atoms with E-state index in [0.29, 0.717) is 18.8 Å². The van der Waals surface area contributed by atoms with Crippen LogP contribution in [-0.4, -0.2) is 66.3 Å². The van der Waals surface area contributed by atoms with Crippen molar-refractivity contribution >= 4 is 32.4 Å². The number of anilines is 1. The molecule has 1 saturated heterocycles. The fourth-order valence-corrected chi connectivity index (χ4v) is 6.88. The van der Waals surface area contributed by atoms with Crippen LogP contribution < -0.4 is 4.90 Å². The molecule has 2 aromatic heterocycles. The number of nitrogens with one attached hydrogen (secondary N) is 1. The fraction of sp³-hybridized carbons (Fsp3) is 0.619. The molecule has 0 spiro atoms. The Labute approximate surface area is 177 Å². The minimum absolute atomic E-state index is 0.0550. The Bertz CT molecular complexity index is 1040. The van der Waals surface area contributed by atoms with Gasteiger partial charge in [0.05, 0.1) is 18.0 Å². The second-order valence-electron chi connectivity index (χ2n) is 8.60. The highest BCUT2D eigenvalue weighted by molar-refractivity contribution is 7.89. The van der Waals surface area contributed by atoms with Crippen molar-refractivity contribution in [2.45, 2.75) is 38.1 Å². The lowest BCUT2D eigenvalue weighted by atomic mass is 9.86. The molecule has 0 bridgehead atoms. The van der Waals surface area contributed by atoms with Crippen molar-refractivity contribution in [3.8, 4) is 0 Å². The molecule has 2 aliphatic rings. The van der Waals surface area contributed by atoms with Gasteiger partial charge in [-0.05, 0) is 50.0 Å². The number of sulfonamides is 1. The summed E-state index contributed by atoms with van der Waals surface area (Å²) < 4.78 is 27.1. The van der Waals surface area contributed by atoms with Crippen molar-refractivity contribution < 1.29 is 13.5 Å². The van der Waals surface area contributed by atoms with E-state index >= 15 is 0 Å². The van der Waals surface area contributed by atoms with Crippen molar-refractivity contribution in [3.63, 3.8) is 0 Å². The summed E-state index contributed by atoms with van der Waals surface area (Å²) in [4.78, 5) is 13.3. The van der Waals surface area contributed by atoms with Gasteiger partial charge in [-0.2, -0.15) is 0 Å². The number of fused-ring (bicyclic) bond motifs is 1. The van der Waals surface area contributed by atoms with E-state index in [1.807, 2.05) is 19.3 Å². The standard InChI is InChI=1S/C21H29N5O3S/c1-22-19-11-24-21-18(7-9-23-21)20(19)25(2)17-5-3-15(4-6-17)14-30(28,29)26-10-8-16(12-26)13-27/h7,9,11,15-17,27H,3-6,8,10,12-14H2,2H3,(H,23,24). The van der Waals surface area contributed by atoms with Gasteiger partial charge in [-0.15, -0.1) is 0 Å². The fourth-order valence-electron chi connectivity index (χ4n) is 4.92. The lowest BCUT2D eigenvalue weighted by Crippen LogP contribution is -2.39. The first-order valence-electron chi connectivity index (χ1n) is 10.6. The first-order valence-corrected chi connectivity index (χ1v) is 12.2. The lowest BCUT2D eigenvalue weighted by molar-refractivity contribution is 0.233.